The largest absolute Gasteiger partial charge is 0.359 e. The monoisotopic (exact) mass is 410 g/mol. The summed E-state index contributed by atoms with van der Waals surface area (Å²) in [6.45, 7) is 1.17. The van der Waals surface area contributed by atoms with Crippen molar-refractivity contribution in [3.63, 3.8) is 0 Å². The number of hydrogen-bond donors (Lipinski definition) is 2. The van der Waals surface area contributed by atoms with Gasteiger partial charge in [-0.05, 0) is 18.8 Å². The molecule has 3 heterocycles. The summed E-state index contributed by atoms with van der Waals surface area (Å²) >= 11 is 1.39. The highest BCUT2D eigenvalue weighted by Crippen LogP contribution is 2.47. The molecule has 1 aromatic rings. The van der Waals surface area contributed by atoms with Crippen molar-refractivity contribution >= 4 is 36.6 Å². The molecule has 1 aromatic heterocycles. The average Bonchev–Trinajstić information content (AvgIpc) is 3.32. The summed E-state index contributed by atoms with van der Waals surface area (Å²) < 4.78 is 1.95. The van der Waals surface area contributed by atoms with E-state index < -0.39 is 14.3 Å². The second-order valence-electron chi connectivity index (χ2n) is 7.68. The highest BCUT2D eigenvalue weighted by atomic mass is 32.1. The van der Waals surface area contributed by atoms with E-state index in [0.717, 1.165) is 19.3 Å². The standard InChI is InChI=1S/C18H27N4O3PS/c23-16(20-18-19-7-11-27-18)15(12-13-4-2-1-3-5-13)21-8-9-22-14(17(21)24)6-10-26(22)25/h7,11,13-15,25H,1-6,8-10,12H2,(H,19,20,23). The van der Waals surface area contributed by atoms with E-state index in [1.54, 1.807) is 11.1 Å². The highest BCUT2D eigenvalue weighted by molar-refractivity contribution is 7.49. The first-order valence-electron chi connectivity index (χ1n) is 9.87. The molecule has 2 aliphatic heterocycles. The number of carbonyl (C=O) groups excluding carboxylic acids is 2. The van der Waals surface area contributed by atoms with Gasteiger partial charge < -0.3 is 15.1 Å². The summed E-state index contributed by atoms with van der Waals surface area (Å²) in [6, 6.07) is -0.700. The first-order chi connectivity index (χ1) is 13.1. The first kappa shape index (κ1) is 19.2. The van der Waals surface area contributed by atoms with Crippen molar-refractivity contribution in [2.75, 3.05) is 24.6 Å². The summed E-state index contributed by atoms with van der Waals surface area (Å²) in [4.78, 5) is 42.3. The molecular formula is C18H27N4O3PS. The number of rotatable bonds is 5. The van der Waals surface area contributed by atoms with E-state index >= 15 is 0 Å². The van der Waals surface area contributed by atoms with E-state index in [4.69, 9.17) is 0 Å². The van der Waals surface area contributed by atoms with Crippen molar-refractivity contribution in [1.29, 1.82) is 0 Å². The van der Waals surface area contributed by atoms with Gasteiger partial charge in [0.1, 0.15) is 14.3 Å². The molecule has 3 unspecified atom stereocenters. The van der Waals surface area contributed by atoms with Crippen LogP contribution in [0.25, 0.3) is 0 Å². The van der Waals surface area contributed by atoms with Crippen LogP contribution in [-0.4, -0.2) is 62.6 Å². The van der Waals surface area contributed by atoms with E-state index in [1.807, 2.05) is 10.1 Å². The summed E-state index contributed by atoms with van der Waals surface area (Å²) in [7, 11) is -1.18. The smallest absolute Gasteiger partial charge is 0.248 e. The zero-order chi connectivity index (χ0) is 18.8. The van der Waals surface area contributed by atoms with Crippen LogP contribution in [0.1, 0.15) is 44.9 Å². The molecule has 4 rings (SSSR count). The van der Waals surface area contributed by atoms with Gasteiger partial charge >= 0.3 is 0 Å². The van der Waals surface area contributed by atoms with Crippen LogP contribution in [0.2, 0.25) is 0 Å². The molecule has 3 fully saturated rings. The van der Waals surface area contributed by atoms with Crippen molar-refractivity contribution in [3.05, 3.63) is 11.6 Å². The van der Waals surface area contributed by atoms with E-state index in [-0.39, 0.29) is 17.9 Å². The van der Waals surface area contributed by atoms with Crippen molar-refractivity contribution in [2.45, 2.75) is 57.0 Å². The molecule has 1 saturated carbocycles. The van der Waals surface area contributed by atoms with Gasteiger partial charge in [0.15, 0.2) is 5.13 Å². The molecule has 0 spiro atoms. The minimum atomic E-state index is -1.18. The molecule has 1 aliphatic carbocycles. The van der Waals surface area contributed by atoms with Gasteiger partial charge in [0.2, 0.25) is 11.8 Å². The molecule has 0 aromatic carbocycles. The third-order valence-corrected chi connectivity index (χ3v) is 8.44. The molecule has 2 amide bonds. The normalized spacial score (nSPS) is 28.2. The van der Waals surface area contributed by atoms with E-state index in [9.17, 15) is 14.5 Å². The number of thiazole rings is 1. The molecule has 7 nitrogen and oxygen atoms in total. The van der Waals surface area contributed by atoms with Crippen LogP contribution in [0.5, 0.6) is 0 Å². The minimum Gasteiger partial charge on any atom is -0.359 e. The average molecular weight is 410 g/mol. The summed E-state index contributed by atoms with van der Waals surface area (Å²) in [5.41, 5.74) is 0. The van der Waals surface area contributed by atoms with Crippen LogP contribution < -0.4 is 5.32 Å². The zero-order valence-electron chi connectivity index (χ0n) is 15.4. The Kier molecular flexibility index (Phi) is 6.07. The van der Waals surface area contributed by atoms with Crippen LogP contribution in [-0.2, 0) is 9.59 Å². The lowest BCUT2D eigenvalue weighted by Gasteiger charge is -2.42. The molecule has 3 aliphatic rings. The molecule has 3 atom stereocenters. The quantitative estimate of drug-likeness (QED) is 0.729. The maximum absolute atomic E-state index is 13.1. The molecule has 2 saturated heterocycles. The summed E-state index contributed by atoms with van der Waals surface area (Å²) in [5, 5.41) is 5.33. The fourth-order valence-electron chi connectivity index (χ4n) is 4.61. The van der Waals surface area contributed by atoms with Crippen molar-refractivity contribution in [1.82, 2.24) is 14.6 Å². The Hall–Kier alpha value is -1.08. The maximum Gasteiger partial charge on any atom is 0.248 e. The fourth-order valence-corrected chi connectivity index (χ4v) is 6.73. The fraction of sp³-hybridized carbons (Fsp3) is 0.722. The minimum absolute atomic E-state index is 0.00963. The number of nitrogens with zero attached hydrogens (tertiary/aromatic N) is 3. The Morgan fingerprint density at radius 1 is 1.33 bits per heavy atom. The topological polar surface area (TPSA) is 85.8 Å². The Morgan fingerprint density at radius 3 is 2.89 bits per heavy atom. The molecule has 9 heteroatoms. The van der Waals surface area contributed by atoms with Crippen LogP contribution >= 0.6 is 19.6 Å². The van der Waals surface area contributed by atoms with Crippen molar-refractivity contribution in [2.24, 2.45) is 5.92 Å². The lowest BCUT2D eigenvalue weighted by molar-refractivity contribution is -0.145. The SMILES string of the molecule is O=C(Nc1nccs1)C(CC1CCCCC1)N1CCN2C(CCP2O)C1=O. The number of nitrogens with one attached hydrogen (secondary N) is 1. The van der Waals surface area contributed by atoms with Crippen LogP contribution in [0, 0.1) is 5.92 Å². The van der Waals surface area contributed by atoms with Gasteiger partial charge in [-0.1, -0.05) is 32.1 Å². The number of carbonyl (C=O) groups is 2. The lowest BCUT2D eigenvalue weighted by atomic mass is 9.84. The third-order valence-electron chi connectivity index (χ3n) is 6.02. The number of aromatic nitrogens is 1. The molecule has 0 bridgehead atoms. The Bertz CT molecular complexity index is 668. The zero-order valence-corrected chi connectivity index (χ0v) is 17.1. The van der Waals surface area contributed by atoms with Gasteiger partial charge in [-0.2, -0.15) is 0 Å². The molecule has 2 N–H and O–H groups in total. The number of amides is 2. The van der Waals surface area contributed by atoms with E-state index in [0.29, 0.717) is 36.7 Å². The van der Waals surface area contributed by atoms with Gasteiger partial charge in [0.05, 0.1) is 6.04 Å². The van der Waals surface area contributed by atoms with Gasteiger partial charge in [-0.25, -0.2) is 9.65 Å². The molecule has 27 heavy (non-hydrogen) atoms. The van der Waals surface area contributed by atoms with Gasteiger partial charge in [0, 0.05) is 30.8 Å². The van der Waals surface area contributed by atoms with E-state index in [1.165, 1.54) is 30.6 Å². The van der Waals surface area contributed by atoms with Crippen LogP contribution in [0.3, 0.4) is 0 Å². The Balaban J connectivity index is 1.51. The van der Waals surface area contributed by atoms with Crippen molar-refractivity contribution < 1.29 is 14.5 Å². The number of fused-ring (bicyclic) bond motifs is 1. The summed E-state index contributed by atoms with van der Waals surface area (Å²) in [6.07, 6.45) is 9.76. The third kappa shape index (κ3) is 4.19. The van der Waals surface area contributed by atoms with Crippen LogP contribution in [0.15, 0.2) is 11.6 Å². The summed E-state index contributed by atoms with van der Waals surface area (Å²) in [5.74, 6) is 0.382. The number of anilines is 1. The molecule has 148 valence electrons. The first-order valence-corrected chi connectivity index (χ1v) is 12.2. The number of hydrogen-bond acceptors (Lipinski definition) is 6. The maximum atomic E-state index is 13.1. The second kappa shape index (κ2) is 8.52. The second-order valence-corrected chi connectivity index (χ2v) is 10.3. The Labute approximate surface area is 165 Å². The van der Waals surface area contributed by atoms with Crippen molar-refractivity contribution in [3.8, 4) is 0 Å². The number of piperazine rings is 1. The Morgan fingerprint density at radius 2 is 2.15 bits per heavy atom. The predicted octanol–water partition coefficient (Wildman–Crippen LogP) is 2.64. The van der Waals surface area contributed by atoms with Gasteiger partial charge in [-0.3, -0.25) is 9.59 Å². The predicted molar refractivity (Wildman–Crippen MR) is 107 cm³/mol. The molecular weight excluding hydrogens is 383 g/mol. The van der Waals surface area contributed by atoms with Gasteiger partial charge in [-0.15, -0.1) is 11.3 Å². The lowest BCUT2D eigenvalue weighted by Crippen LogP contribution is -2.59. The molecule has 0 radical (unpaired) electrons. The van der Waals surface area contributed by atoms with Gasteiger partial charge in [0.25, 0.3) is 0 Å². The van der Waals surface area contributed by atoms with E-state index in [2.05, 4.69) is 10.3 Å². The highest BCUT2D eigenvalue weighted by Gasteiger charge is 2.46. The van der Waals surface area contributed by atoms with Crippen LogP contribution in [0.4, 0.5) is 5.13 Å².